The lowest BCUT2D eigenvalue weighted by Gasteiger charge is -2.35. The van der Waals surface area contributed by atoms with Gasteiger partial charge in [-0.25, -0.2) is 0 Å². The van der Waals surface area contributed by atoms with Gasteiger partial charge >= 0.3 is 0 Å². The molecule has 0 nitrogen and oxygen atoms in total. The van der Waals surface area contributed by atoms with E-state index >= 15 is 0 Å². The predicted molar refractivity (Wildman–Crippen MR) is 89.8 cm³/mol. The van der Waals surface area contributed by atoms with E-state index in [2.05, 4.69) is 72.2 Å². The van der Waals surface area contributed by atoms with E-state index in [1.54, 1.807) is 0 Å². The fourth-order valence-corrected chi connectivity index (χ4v) is 4.12. The van der Waals surface area contributed by atoms with Gasteiger partial charge in [-0.15, -0.1) is 0 Å². The van der Waals surface area contributed by atoms with Crippen molar-refractivity contribution in [1.29, 1.82) is 0 Å². The molecule has 0 fully saturated rings. The SMILES string of the molecule is CCc1ccc(CC)c(C(Br)C2Cc3ccccc32)c1. The quantitative estimate of drug-likeness (QED) is 0.642. The van der Waals surface area contributed by atoms with Crippen LogP contribution in [0.4, 0.5) is 0 Å². The standard InChI is InChI=1S/C19H21Br/c1-3-13-9-10-14(4-2)17(11-13)19(20)18-12-15-7-5-6-8-16(15)18/h5-11,18-19H,3-4,12H2,1-2H3. The summed E-state index contributed by atoms with van der Waals surface area (Å²) in [6.07, 6.45) is 3.42. The van der Waals surface area contributed by atoms with Gasteiger partial charge in [0.15, 0.2) is 0 Å². The molecule has 2 aromatic carbocycles. The second-order valence-corrected chi connectivity index (χ2v) is 6.64. The van der Waals surface area contributed by atoms with Crippen LogP contribution in [0, 0.1) is 0 Å². The average Bonchev–Trinajstić information content (AvgIpc) is 2.47. The highest BCUT2D eigenvalue weighted by Gasteiger charge is 2.32. The van der Waals surface area contributed by atoms with Crippen LogP contribution < -0.4 is 0 Å². The van der Waals surface area contributed by atoms with Crippen LogP contribution in [0.25, 0.3) is 0 Å². The second kappa shape index (κ2) is 5.73. The Hall–Kier alpha value is -1.08. The van der Waals surface area contributed by atoms with E-state index in [1.165, 1.54) is 34.2 Å². The lowest BCUT2D eigenvalue weighted by molar-refractivity contribution is 0.597. The third kappa shape index (κ3) is 2.33. The van der Waals surface area contributed by atoms with Gasteiger partial charge in [0.2, 0.25) is 0 Å². The molecule has 104 valence electrons. The van der Waals surface area contributed by atoms with Crippen LogP contribution in [-0.2, 0) is 19.3 Å². The highest BCUT2D eigenvalue weighted by Crippen LogP contribution is 2.48. The number of aryl methyl sites for hydroxylation is 2. The number of hydrogen-bond acceptors (Lipinski definition) is 0. The first-order valence-electron chi connectivity index (χ1n) is 7.58. The molecule has 0 spiro atoms. The van der Waals surface area contributed by atoms with E-state index in [0.29, 0.717) is 10.7 Å². The van der Waals surface area contributed by atoms with E-state index in [0.717, 1.165) is 12.8 Å². The van der Waals surface area contributed by atoms with Crippen LogP contribution in [0.1, 0.15) is 52.4 Å². The van der Waals surface area contributed by atoms with Crippen molar-refractivity contribution >= 4 is 15.9 Å². The minimum absolute atomic E-state index is 0.443. The molecule has 0 saturated heterocycles. The van der Waals surface area contributed by atoms with Crippen molar-refractivity contribution in [3.8, 4) is 0 Å². The van der Waals surface area contributed by atoms with E-state index in [4.69, 9.17) is 0 Å². The van der Waals surface area contributed by atoms with Gasteiger partial charge in [0.05, 0.1) is 0 Å². The second-order valence-electron chi connectivity index (χ2n) is 5.65. The molecule has 0 aliphatic heterocycles. The lowest BCUT2D eigenvalue weighted by Crippen LogP contribution is -2.21. The van der Waals surface area contributed by atoms with Crippen LogP contribution >= 0.6 is 15.9 Å². The molecule has 1 aliphatic carbocycles. The fourth-order valence-electron chi connectivity index (χ4n) is 3.22. The number of fused-ring (bicyclic) bond motifs is 1. The van der Waals surface area contributed by atoms with Crippen molar-refractivity contribution in [3.63, 3.8) is 0 Å². The van der Waals surface area contributed by atoms with Gasteiger partial charge in [0.25, 0.3) is 0 Å². The summed E-state index contributed by atoms with van der Waals surface area (Å²) in [7, 11) is 0. The average molecular weight is 329 g/mol. The molecule has 1 heteroatoms. The fraction of sp³-hybridized carbons (Fsp3) is 0.368. The van der Waals surface area contributed by atoms with E-state index in [9.17, 15) is 0 Å². The number of alkyl halides is 1. The normalized spacial score (nSPS) is 18.2. The molecular formula is C19H21Br. The van der Waals surface area contributed by atoms with Gasteiger partial charge in [0.1, 0.15) is 0 Å². The minimum atomic E-state index is 0.443. The van der Waals surface area contributed by atoms with Crippen LogP contribution in [0.3, 0.4) is 0 Å². The summed E-state index contributed by atoms with van der Waals surface area (Å²) in [6, 6.07) is 15.8. The van der Waals surface area contributed by atoms with Crippen molar-refractivity contribution in [2.45, 2.75) is 43.9 Å². The summed E-state index contributed by atoms with van der Waals surface area (Å²) in [5, 5.41) is 0. The van der Waals surface area contributed by atoms with Crippen LogP contribution in [0.5, 0.6) is 0 Å². The molecule has 0 radical (unpaired) electrons. The smallest absolute Gasteiger partial charge is 0.0469 e. The predicted octanol–water partition coefficient (Wildman–Crippen LogP) is 5.59. The Labute approximate surface area is 130 Å². The molecule has 2 atom stereocenters. The van der Waals surface area contributed by atoms with Gasteiger partial charge in [-0.3, -0.25) is 0 Å². The number of hydrogen-bond donors (Lipinski definition) is 0. The molecule has 2 aromatic rings. The van der Waals surface area contributed by atoms with Crippen molar-refractivity contribution in [1.82, 2.24) is 0 Å². The molecule has 0 N–H and O–H groups in total. The summed E-state index contributed by atoms with van der Waals surface area (Å²) in [5.74, 6) is 0.628. The molecule has 3 rings (SSSR count). The zero-order valence-corrected chi connectivity index (χ0v) is 13.8. The Morgan fingerprint density at radius 2 is 1.90 bits per heavy atom. The highest BCUT2D eigenvalue weighted by atomic mass is 79.9. The summed E-state index contributed by atoms with van der Waals surface area (Å²) < 4.78 is 0. The summed E-state index contributed by atoms with van der Waals surface area (Å²) in [4.78, 5) is 0.443. The monoisotopic (exact) mass is 328 g/mol. The van der Waals surface area contributed by atoms with E-state index < -0.39 is 0 Å². The molecule has 0 amide bonds. The van der Waals surface area contributed by atoms with Crippen molar-refractivity contribution in [3.05, 3.63) is 70.3 Å². The van der Waals surface area contributed by atoms with Gasteiger partial charge in [-0.05, 0) is 47.1 Å². The highest BCUT2D eigenvalue weighted by molar-refractivity contribution is 9.09. The third-order valence-corrected chi connectivity index (χ3v) is 5.68. The molecule has 2 unspecified atom stereocenters. The Bertz CT molecular complexity index is 615. The Morgan fingerprint density at radius 1 is 1.10 bits per heavy atom. The molecular weight excluding hydrogens is 308 g/mol. The van der Waals surface area contributed by atoms with Crippen molar-refractivity contribution < 1.29 is 0 Å². The first kappa shape index (κ1) is 13.9. The third-order valence-electron chi connectivity index (χ3n) is 4.54. The minimum Gasteiger partial charge on any atom is -0.0832 e. The van der Waals surface area contributed by atoms with E-state index in [1.807, 2.05) is 0 Å². The lowest BCUT2D eigenvalue weighted by atomic mass is 9.73. The van der Waals surface area contributed by atoms with Gasteiger partial charge in [0, 0.05) is 10.7 Å². The Balaban J connectivity index is 1.93. The van der Waals surface area contributed by atoms with Crippen molar-refractivity contribution in [2.75, 3.05) is 0 Å². The molecule has 0 bridgehead atoms. The zero-order chi connectivity index (χ0) is 14.1. The van der Waals surface area contributed by atoms with Crippen LogP contribution in [-0.4, -0.2) is 0 Å². The van der Waals surface area contributed by atoms with Crippen molar-refractivity contribution in [2.24, 2.45) is 0 Å². The molecule has 0 saturated carbocycles. The topological polar surface area (TPSA) is 0 Å². The Kier molecular flexibility index (Phi) is 3.98. The molecule has 0 aromatic heterocycles. The number of rotatable bonds is 4. The van der Waals surface area contributed by atoms with Crippen LogP contribution in [0.2, 0.25) is 0 Å². The largest absolute Gasteiger partial charge is 0.0832 e. The first-order chi connectivity index (χ1) is 9.74. The maximum atomic E-state index is 3.99. The van der Waals surface area contributed by atoms with E-state index in [-0.39, 0.29) is 0 Å². The molecule has 0 heterocycles. The summed E-state index contributed by atoms with van der Waals surface area (Å²) in [5.41, 5.74) is 7.46. The Morgan fingerprint density at radius 3 is 2.60 bits per heavy atom. The van der Waals surface area contributed by atoms with Crippen LogP contribution in [0.15, 0.2) is 42.5 Å². The number of benzene rings is 2. The molecule has 1 aliphatic rings. The zero-order valence-electron chi connectivity index (χ0n) is 12.2. The molecule has 20 heavy (non-hydrogen) atoms. The summed E-state index contributed by atoms with van der Waals surface area (Å²) >= 11 is 3.99. The summed E-state index contributed by atoms with van der Waals surface area (Å²) in [6.45, 7) is 4.48. The van der Waals surface area contributed by atoms with Gasteiger partial charge < -0.3 is 0 Å². The maximum Gasteiger partial charge on any atom is 0.0469 e. The van der Waals surface area contributed by atoms with Gasteiger partial charge in [-0.2, -0.15) is 0 Å². The first-order valence-corrected chi connectivity index (χ1v) is 8.49. The maximum absolute atomic E-state index is 3.99. The number of halogens is 1. The van der Waals surface area contributed by atoms with Gasteiger partial charge in [-0.1, -0.05) is 72.2 Å².